The molecule has 26 heavy (non-hydrogen) atoms. The quantitative estimate of drug-likeness (QED) is 0.391. The van der Waals surface area contributed by atoms with Gasteiger partial charge in [0.25, 0.3) is 0 Å². The van der Waals surface area contributed by atoms with Crippen molar-refractivity contribution in [1.82, 2.24) is 0 Å². The molecule has 0 amide bonds. The molecular weight excluding hydrogens is 330 g/mol. The molecule has 0 aliphatic heterocycles. The molecule has 4 aromatic carbocycles. The maximum atomic E-state index is 2.99. The van der Waals surface area contributed by atoms with E-state index >= 15 is 0 Å². The first-order chi connectivity index (χ1) is 12.8. The third-order valence-electron chi connectivity index (χ3n) is 4.80. The molecule has 0 radical (unpaired) electrons. The lowest BCUT2D eigenvalue weighted by atomic mass is 9.36. The molecule has 0 spiro atoms. The van der Waals surface area contributed by atoms with Gasteiger partial charge in [0.15, 0.2) is 0 Å². The Kier molecular flexibility index (Phi) is 5.00. The summed E-state index contributed by atoms with van der Waals surface area (Å²) >= 11 is 0. The molecule has 0 bridgehead atoms. The second-order valence-corrected chi connectivity index (χ2v) is 7.01. The van der Waals surface area contributed by atoms with Crippen LogP contribution in [-0.2, 0) is 0 Å². The second kappa shape index (κ2) is 7.73. The van der Waals surface area contributed by atoms with E-state index in [1.807, 2.05) is 0 Å². The number of hydrogen-bond acceptors (Lipinski definition) is 0. The Balaban J connectivity index is 1.90. The maximum Gasteiger partial charge on any atom is 0.242 e. The van der Waals surface area contributed by atoms with Crippen LogP contribution in [0, 0.1) is 0 Å². The van der Waals surface area contributed by atoms with Gasteiger partial charge in [0.05, 0.1) is 0 Å². The molecule has 4 aromatic rings. The third kappa shape index (κ3) is 3.36. The van der Waals surface area contributed by atoms with Crippen molar-refractivity contribution in [2.45, 2.75) is 0 Å². The van der Waals surface area contributed by atoms with Gasteiger partial charge in [-0.25, -0.2) is 0 Å². The highest BCUT2D eigenvalue weighted by Gasteiger charge is 2.24. The van der Waals surface area contributed by atoms with Crippen molar-refractivity contribution >= 4 is 37.6 Å². The molecule has 1 atom stereocenters. The van der Waals surface area contributed by atoms with Crippen molar-refractivity contribution < 1.29 is 0 Å². The van der Waals surface area contributed by atoms with Gasteiger partial charge in [-0.2, -0.15) is 0 Å². The molecule has 4 rings (SSSR count). The van der Waals surface area contributed by atoms with E-state index in [1.165, 1.54) is 32.8 Å². The van der Waals surface area contributed by atoms with Crippen LogP contribution < -0.4 is 21.7 Å². The van der Waals surface area contributed by atoms with Crippen molar-refractivity contribution in [3.05, 3.63) is 109 Å². The van der Waals surface area contributed by atoms with Crippen LogP contribution in [0.5, 0.6) is 0 Å². The summed E-state index contributed by atoms with van der Waals surface area (Å²) < 4.78 is 0. The monoisotopic (exact) mass is 350 g/mol. The molecule has 0 nitrogen and oxygen atoms in total. The predicted molar refractivity (Wildman–Crippen MR) is 119 cm³/mol. The molecule has 0 aliphatic rings. The fourth-order valence-electron chi connectivity index (χ4n) is 3.55. The first-order valence-corrected chi connectivity index (χ1v) is 9.46. The standard InChI is InChI=1S/C24H20BP/c26-24-22(19-11-4-1-5-12-19)17-10-18-23(24)25(20-13-6-2-7-14-20)21-15-8-3-9-16-21/h1-18H,26H2. The molecule has 0 saturated heterocycles. The van der Waals surface area contributed by atoms with Crippen molar-refractivity contribution in [2.24, 2.45) is 0 Å². The van der Waals surface area contributed by atoms with Crippen LogP contribution in [0.1, 0.15) is 0 Å². The zero-order chi connectivity index (χ0) is 17.8. The molecule has 0 N–H and O–H groups in total. The van der Waals surface area contributed by atoms with Crippen LogP contribution in [-0.4, -0.2) is 6.71 Å². The molecule has 1 unspecified atom stereocenters. The van der Waals surface area contributed by atoms with Gasteiger partial charge in [-0.05, 0) is 16.4 Å². The summed E-state index contributed by atoms with van der Waals surface area (Å²) in [6.07, 6.45) is 0. The second-order valence-electron chi connectivity index (χ2n) is 6.43. The van der Waals surface area contributed by atoms with Gasteiger partial charge in [0.1, 0.15) is 0 Å². The van der Waals surface area contributed by atoms with Crippen molar-refractivity contribution in [1.29, 1.82) is 0 Å². The van der Waals surface area contributed by atoms with Crippen LogP contribution >= 0.6 is 9.24 Å². The summed E-state index contributed by atoms with van der Waals surface area (Å²) in [6.45, 7) is 0.216. The van der Waals surface area contributed by atoms with E-state index < -0.39 is 0 Å². The van der Waals surface area contributed by atoms with Crippen molar-refractivity contribution in [2.75, 3.05) is 0 Å². The van der Waals surface area contributed by atoms with Gasteiger partial charge in [-0.1, -0.05) is 126 Å². The Labute approximate surface area is 158 Å². The predicted octanol–water partition coefficient (Wildman–Crippen LogP) is 3.37. The highest BCUT2D eigenvalue weighted by molar-refractivity contribution is 7.30. The van der Waals surface area contributed by atoms with Crippen LogP contribution in [0.15, 0.2) is 109 Å². The summed E-state index contributed by atoms with van der Waals surface area (Å²) in [4.78, 5) is 0. The average Bonchev–Trinajstić information content (AvgIpc) is 2.72. The van der Waals surface area contributed by atoms with Crippen LogP contribution in [0.25, 0.3) is 11.1 Å². The zero-order valence-corrected chi connectivity index (χ0v) is 15.7. The lowest BCUT2D eigenvalue weighted by Crippen LogP contribution is -2.55. The minimum atomic E-state index is 0.216. The van der Waals surface area contributed by atoms with Crippen molar-refractivity contribution in [3.8, 4) is 11.1 Å². The van der Waals surface area contributed by atoms with E-state index in [4.69, 9.17) is 0 Å². The molecule has 0 aliphatic carbocycles. The molecular formula is C24H20BP. The first-order valence-electron chi connectivity index (χ1n) is 8.88. The Hall–Kier alpha value is -2.63. The van der Waals surface area contributed by atoms with E-state index in [-0.39, 0.29) is 6.71 Å². The number of rotatable bonds is 4. The number of hydrogen-bond donors (Lipinski definition) is 0. The topological polar surface area (TPSA) is 0 Å². The average molecular weight is 350 g/mol. The van der Waals surface area contributed by atoms with Gasteiger partial charge >= 0.3 is 0 Å². The Morgan fingerprint density at radius 3 is 1.54 bits per heavy atom. The Bertz CT molecular complexity index is 943. The van der Waals surface area contributed by atoms with Gasteiger partial charge < -0.3 is 0 Å². The minimum absolute atomic E-state index is 0.216. The lowest BCUT2D eigenvalue weighted by molar-refractivity contribution is 1.66. The van der Waals surface area contributed by atoms with Gasteiger partial charge in [-0.15, -0.1) is 9.24 Å². The van der Waals surface area contributed by atoms with E-state index in [1.54, 1.807) is 0 Å². The third-order valence-corrected chi connectivity index (χ3v) is 5.45. The van der Waals surface area contributed by atoms with E-state index in [0.29, 0.717) is 0 Å². The van der Waals surface area contributed by atoms with Gasteiger partial charge in [0.2, 0.25) is 6.71 Å². The van der Waals surface area contributed by atoms with Crippen LogP contribution in [0.4, 0.5) is 0 Å². The molecule has 2 heteroatoms. The normalized spacial score (nSPS) is 10.5. The maximum absolute atomic E-state index is 2.99. The molecule has 0 saturated carbocycles. The summed E-state index contributed by atoms with van der Waals surface area (Å²) in [5, 5.41) is 1.26. The van der Waals surface area contributed by atoms with Crippen molar-refractivity contribution in [3.63, 3.8) is 0 Å². The lowest BCUT2D eigenvalue weighted by Gasteiger charge is -2.19. The van der Waals surface area contributed by atoms with Crippen LogP contribution in [0.2, 0.25) is 0 Å². The molecule has 0 fully saturated rings. The van der Waals surface area contributed by atoms with Gasteiger partial charge in [0, 0.05) is 0 Å². The summed E-state index contributed by atoms with van der Waals surface area (Å²) in [7, 11) is 2.99. The first kappa shape index (κ1) is 16.8. The molecule has 0 aromatic heterocycles. The smallest absolute Gasteiger partial charge is 0.106 e. The summed E-state index contributed by atoms with van der Waals surface area (Å²) in [5.74, 6) is 0. The number of benzene rings is 4. The van der Waals surface area contributed by atoms with E-state index in [2.05, 4.69) is 118 Å². The van der Waals surface area contributed by atoms with E-state index in [9.17, 15) is 0 Å². The van der Waals surface area contributed by atoms with Gasteiger partial charge in [-0.3, -0.25) is 0 Å². The SMILES string of the molecule is Pc1c(B(c2ccccc2)c2ccccc2)cccc1-c1ccccc1. The van der Waals surface area contributed by atoms with Crippen LogP contribution in [0.3, 0.4) is 0 Å². The molecule has 124 valence electrons. The molecule has 0 heterocycles. The Morgan fingerprint density at radius 1 is 0.500 bits per heavy atom. The largest absolute Gasteiger partial charge is 0.242 e. The Morgan fingerprint density at radius 2 is 1.00 bits per heavy atom. The summed E-state index contributed by atoms with van der Waals surface area (Å²) in [6, 6.07) is 38.7. The van der Waals surface area contributed by atoms with E-state index in [0.717, 1.165) is 0 Å². The highest BCUT2D eigenvalue weighted by atomic mass is 31.0. The highest BCUT2D eigenvalue weighted by Crippen LogP contribution is 2.18. The summed E-state index contributed by atoms with van der Waals surface area (Å²) in [5.41, 5.74) is 6.47. The zero-order valence-electron chi connectivity index (χ0n) is 14.5. The fraction of sp³-hybridized carbons (Fsp3) is 0. The minimum Gasteiger partial charge on any atom is -0.106 e. The fourth-order valence-corrected chi connectivity index (χ4v) is 4.07.